The number of nitrogens with zero attached hydrogens (tertiary/aromatic N) is 1. The molecule has 2 atom stereocenters. The first kappa shape index (κ1) is 16.1. The fraction of sp³-hybridized carbons (Fsp3) is 0.389. The van der Waals surface area contributed by atoms with Crippen molar-refractivity contribution in [3.05, 3.63) is 59.9 Å². The van der Waals surface area contributed by atoms with Crippen LogP contribution in [0.4, 0.5) is 0 Å². The van der Waals surface area contributed by atoms with Crippen LogP contribution in [0.1, 0.15) is 42.9 Å². The van der Waals surface area contributed by atoms with Gasteiger partial charge in [-0.25, -0.2) is 13.1 Å². The third-order valence-corrected chi connectivity index (χ3v) is 5.98. The third kappa shape index (κ3) is 3.79. The van der Waals surface area contributed by atoms with E-state index in [1.807, 2.05) is 37.3 Å². The fourth-order valence-electron chi connectivity index (χ4n) is 3.21. The molecule has 0 aliphatic heterocycles. The average Bonchev–Trinajstić information content (AvgIpc) is 2.56. The van der Waals surface area contributed by atoms with Crippen LogP contribution in [-0.2, 0) is 10.0 Å². The molecule has 1 N–H and O–H groups in total. The van der Waals surface area contributed by atoms with E-state index in [0.717, 1.165) is 36.9 Å². The Bertz CT molecular complexity index is 742. The summed E-state index contributed by atoms with van der Waals surface area (Å²) in [5, 5.41) is 0. The summed E-state index contributed by atoms with van der Waals surface area (Å²) in [5.74, 6) is 0.144. The molecule has 2 unspecified atom stereocenters. The molecule has 0 bridgehead atoms. The van der Waals surface area contributed by atoms with Crippen LogP contribution in [0.3, 0.4) is 0 Å². The lowest BCUT2D eigenvalue weighted by molar-refractivity contribution is 0.356. The second kappa shape index (κ2) is 6.81. The van der Waals surface area contributed by atoms with Crippen LogP contribution in [0.2, 0.25) is 0 Å². The lowest BCUT2D eigenvalue weighted by Crippen LogP contribution is -2.41. The number of nitrogens with one attached hydrogen (secondary N) is 1. The standard InChI is InChI=1S/C18H22N2O2S/c1-14-9-11-15(12-10-14)23(21,22)20-18-8-3-2-6-16(18)17-7-4-5-13-19-17/h4-5,7,9-13,16,18,20H,2-3,6,8H2,1H3. The molecule has 2 aromatic rings. The van der Waals surface area contributed by atoms with Gasteiger partial charge < -0.3 is 0 Å². The molecule has 1 fully saturated rings. The van der Waals surface area contributed by atoms with E-state index in [-0.39, 0.29) is 12.0 Å². The normalized spacial score (nSPS) is 22.0. The Morgan fingerprint density at radius 3 is 2.48 bits per heavy atom. The minimum absolute atomic E-state index is 0.0926. The highest BCUT2D eigenvalue weighted by Crippen LogP contribution is 2.32. The summed E-state index contributed by atoms with van der Waals surface area (Å²) in [6.07, 6.45) is 5.76. The minimum Gasteiger partial charge on any atom is -0.261 e. The van der Waals surface area contributed by atoms with Gasteiger partial charge in [0.25, 0.3) is 0 Å². The van der Waals surface area contributed by atoms with Gasteiger partial charge in [0, 0.05) is 23.9 Å². The second-order valence-corrected chi connectivity index (χ2v) is 7.90. The summed E-state index contributed by atoms with van der Waals surface area (Å²) in [5.41, 5.74) is 2.02. The molecular weight excluding hydrogens is 308 g/mol. The molecule has 0 spiro atoms. The van der Waals surface area contributed by atoms with Crippen LogP contribution in [-0.4, -0.2) is 19.4 Å². The van der Waals surface area contributed by atoms with E-state index >= 15 is 0 Å². The first-order chi connectivity index (χ1) is 11.1. The number of sulfonamides is 1. The number of aromatic nitrogens is 1. The minimum atomic E-state index is -3.50. The Kier molecular flexibility index (Phi) is 4.78. The van der Waals surface area contributed by atoms with Crippen LogP contribution < -0.4 is 4.72 Å². The van der Waals surface area contributed by atoms with E-state index in [0.29, 0.717) is 4.90 Å². The molecule has 23 heavy (non-hydrogen) atoms. The number of hydrogen-bond donors (Lipinski definition) is 1. The Morgan fingerprint density at radius 2 is 1.78 bits per heavy atom. The van der Waals surface area contributed by atoms with E-state index in [9.17, 15) is 8.42 Å². The highest BCUT2D eigenvalue weighted by Gasteiger charge is 2.31. The van der Waals surface area contributed by atoms with Crippen LogP contribution in [0, 0.1) is 6.92 Å². The van der Waals surface area contributed by atoms with Gasteiger partial charge in [-0.3, -0.25) is 4.98 Å². The summed E-state index contributed by atoms with van der Waals surface area (Å²) < 4.78 is 28.2. The number of benzene rings is 1. The van der Waals surface area contributed by atoms with Gasteiger partial charge in [0.1, 0.15) is 0 Å². The van der Waals surface area contributed by atoms with Crippen molar-refractivity contribution < 1.29 is 8.42 Å². The fourth-order valence-corrected chi connectivity index (χ4v) is 4.52. The summed E-state index contributed by atoms with van der Waals surface area (Å²) in [6.45, 7) is 1.95. The number of hydrogen-bond acceptors (Lipinski definition) is 3. The van der Waals surface area contributed by atoms with Gasteiger partial charge in [0.05, 0.1) is 4.90 Å². The second-order valence-electron chi connectivity index (χ2n) is 6.19. The summed E-state index contributed by atoms with van der Waals surface area (Å²) in [4.78, 5) is 4.76. The molecule has 0 radical (unpaired) electrons. The molecule has 1 aliphatic carbocycles. The molecule has 1 saturated carbocycles. The average molecular weight is 330 g/mol. The molecule has 1 heterocycles. The zero-order valence-electron chi connectivity index (χ0n) is 13.3. The van der Waals surface area contributed by atoms with E-state index in [1.54, 1.807) is 18.3 Å². The molecule has 3 rings (SSSR count). The SMILES string of the molecule is Cc1ccc(S(=O)(=O)NC2CCCCC2c2ccccn2)cc1. The van der Waals surface area contributed by atoms with E-state index in [4.69, 9.17) is 0 Å². The molecule has 1 aromatic heterocycles. The molecular formula is C18H22N2O2S. The summed E-state index contributed by atoms with van der Waals surface area (Å²) in [6, 6.07) is 12.7. The summed E-state index contributed by atoms with van der Waals surface area (Å²) >= 11 is 0. The molecule has 1 aliphatic rings. The van der Waals surface area contributed by atoms with Gasteiger partial charge in [0.2, 0.25) is 10.0 Å². The monoisotopic (exact) mass is 330 g/mol. The van der Waals surface area contributed by atoms with Crippen LogP contribution >= 0.6 is 0 Å². The van der Waals surface area contributed by atoms with Crippen molar-refractivity contribution in [2.24, 2.45) is 0 Å². The third-order valence-electron chi connectivity index (χ3n) is 4.47. The smallest absolute Gasteiger partial charge is 0.240 e. The molecule has 4 nitrogen and oxygen atoms in total. The lowest BCUT2D eigenvalue weighted by Gasteiger charge is -2.31. The number of aryl methyl sites for hydroxylation is 1. The van der Waals surface area contributed by atoms with Crippen molar-refractivity contribution in [3.63, 3.8) is 0 Å². The van der Waals surface area contributed by atoms with Crippen LogP contribution in [0.25, 0.3) is 0 Å². The van der Waals surface area contributed by atoms with Gasteiger partial charge >= 0.3 is 0 Å². The predicted octanol–water partition coefficient (Wildman–Crippen LogP) is 3.39. The number of pyridine rings is 1. The first-order valence-electron chi connectivity index (χ1n) is 8.06. The highest BCUT2D eigenvalue weighted by molar-refractivity contribution is 7.89. The Hall–Kier alpha value is -1.72. The Balaban J connectivity index is 1.83. The van der Waals surface area contributed by atoms with E-state index < -0.39 is 10.0 Å². The lowest BCUT2D eigenvalue weighted by atomic mass is 9.83. The van der Waals surface area contributed by atoms with Crippen molar-refractivity contribution in [1.29, 1.82) is 0 Å². The maximum absolute atomic E-state index is 12.7. The summed E-state index contributed by atoms with van der Waals surface area (Å²) in [7, 11) is -3.50. The molecule has 1 aromatic carbocycles. The zero-order valence-corrected chi connectivity index (χ0v) is 14.1. The molecule has 5 heteroatoms. The van der Waals surface area contributed by atoms with Gasteiger partial charge in [-0.1, -0.05) is 36.6 Å². The van der Waals surface area contributed by atoms with E-state index in [1.165, 1.54) is 0 Å². The predicted molar refractivity (Wildman–Crippen MR) is 90.7 cm³/mol. The van der Waals surface area contributed by atoms with Gasteiger partial charge in [-0.05, 0) is 44.0 Å². The largest absolute Gasteiger partial charge is 0.261 e. The molecule has 0 amide bonds. The van der Waals surface area contributed by atoms with Crippen molar-refractivity contribution in [3.8, 4) is 0 Å². The zero-order chi connectivity index (χ0) is 16.3. The molecule has 0 saturated heterocycles. The van der Waals surface area contributed by atoms with Crippen molar-refractivity contribution >= 4 is 10.0 Å². The van der Waals surface area contributed by atoms with Crippen molar-refractivity contribution in [2.45, 2.75) is 49.5 Å². The quantitative estimate of drug-likeness (QED) is 0.935. The van der Waals surface area contributed by atoms with Crippen LogP contribution in [0.5, 0.6) is 0 Å². The van der Waals surface area contributed by atoms with Gasteiger partial charge in [-0.2, -0.15) is 0 Å². The topological polar surface area (TPSA) is 59.1 Å². The van der Waals surface area contributed by atoms with Gasteiger partial charge in [0.15, 0.2) is 0 Å². The van der Waals surface area contributed by atoms with Crippen molar-refractivity contribution in [1.82, 2.24) is 9.71 Å². The first-order valence-corrected chi connectivity index (χ1v) is 9.54. The maximum Gasteiger partial charge on any atom is 0.240 e. The number of rotatable bonds is 4. The molecule has 122 valence electrons. The Labute approximate surface area is 138 Å². The maximum atomic E-state index is 12.7. The van der Waals surface area contributed by atoms with Crippen LogP contribution in [0.15, 0.2) is 53.6 Å². The van der Waals surface area contributed by atoms with Gasteiger partial charge in [-0.15, -0.1) is 0 Å². The van der Waals surface area contributed by atoms with Crippen molar-refractivity contribution in [2.75, 3.05) is 0 Å². The van der Waals surface area contributed by atoms with E-state index in [2.05, 4.69) is 9.71 Å². The highest BCUT2D eigenvalue weighted by atomic mass is 32.2. The Morgan fingerprint density at radius 1 is 1.04 bits per heavy atom.